The highest BCUT2D eigenvalue weighted by molar-refractivity contribution is 5.20. The molecule has 10 heavy (non-hydrogen) atoms. The summed E-state index contributed by atoms with van der Waals surface area (Å²) in [5.74, 6) is 0.507. The summed E-state index contributed by atoms with van der Waals surface area (Å²) in [6, 6.07) is 0. The molecule has 0 fully saturated rings. The van der Waals surface area contributed by atoms with Crippen molar-refractivity contribution in [3.8, 4) is 0 Å². The van der Waals surface area contributed by atoms with Gasteiger partial charge >= 0.3 is 0 Å². The summed E-state index contributed by atoms with van der Waals surface area (Å²) in [4.78, 5) is 2.63. The van der Waals surface area contributed by atoms with E-state index in [1.54, 1.807) is 18.4 Å². The predicted octanol–water partition coefficient (Wildman–Crippen LogP) is 1.81. The zero-order valence-electron chi connectivity index (χ0n) is 5.23. The van der Waals surface area contributed by atoms with E-state index in [0.29, 0.717) is 5.82 Å². The SMILES string of the molecule is [N-]=[N+]=NC1=CC=CC=CN1. The Balaban J connectivity index is 2.77. The third kappa shape index (κ3) is 1.69. The van der Waals surface area contributed by atoms with Gasteiger partial charge in [-0.05, 0) is 22.8 Å². The molecule has 0 bridgehead atoms. The number of rotatable bonds is 1. The molecule has 1 aliphatic rings. The zero-order chi connectivity index (χ0) is 7.23. The van der Waals surface area contributed by atoms with Gasteiger partial charge in [0.15, 0.2) is 0 Å². The lowest BCUT2D eigenvalue weighted by molar-refractivity contribution is 1.02. The molecule has 1 aliphatic heterocycles. The van der Waals surface area contributed by atoms with Gasteiger partial charge < -0.3 is 5.32 Å². The highest BCUT2D eigenvalue weighted by Crippen LogP contribution is 1.96. The molecule has 0 amide bonds. The summed E-state index contributed by atoms with van der Waals surface area (Å²) in [6.07, 6.45) is 8.84. The van der Waals surface area contributed by atoms with Crippen LogP contribution >= 0.6 is 0 Å². The van der Waals surface area contributed by atoms with Gasteiger partial charge in [0.1, 0.15) is 5.82 Å². The van der Waals surface area contributed by atoms with Crippen LogP contribution in [0.25, 0.3) is 10.4 Å². The normalized spacial score (nSPS) is 14.6. The van der Waals surface area contributed by atoms with Crippen LogP contribution in [0.15, 0.2) is 41.4 Å². The maximum Gasteiger partial charge on any atom is 0.102 e. The molecule has 4 heteroatoms. The molecule has 0 radical (unpaired) electrons. The lowest BCUT2D eigenvalue weighted by atomic mass is 10.5. The average molecular weight is 134 g/mol. The molecule has 0 aromatic rings. The molecule has 4 nitrogen and oxygen atoms in total. The highest BCUT2D eigenvalue weighted by atomic mass is 15.2. The van der Waals surface area contributed by atoms with Crippen LogP contribution in [0.1, 0.15) is 0 Å². The van der Waals surface area contributed by atoms with Crippen molar-refractivity contribution in [3.05, 3.63) is 46.8 Å². The summed E-state index contributed by atoms with van der Waals surface area (Å²) in [5, 5.41) is 6.15. The monoisotopic (exact) mass is 134 g/mol. The van der Waals surface area contributed by atoms with Gasteiger partial charge in [0, 0.05) is 11.1 Å². The lowest BCUT2D eigenvalue weighted by Gasteiger charge is -1.93. The first-order valence-corrected chi connectivity index (χ1v) is 2.78. The molecule has 0 atom stereocenters. The van der Waals surface area contributed by atoms with Crippen LogP contribution in [-0.2, 0) is 0 Å². The Morgan fingerprint density at radius 1 is 1.40 bits per heavy atom. The van der Waals surface area contributed by atoms with Crippen LogP contribution in [0.2, 0.25) is 0 Å². The average Bonchev–Trinajstić information content (AvgIpc) is 2.17. The van der Waals surface area contributed by atoms with Crippen molar-refractivity contribution in [1.29, 1.82) is 0 Å². The van der Waals surface area contributed by atoms with Crippen molar-refractivity contribution in [2.75, 3.05) is 0 Å². The molecule has 1 rings (SSSR count). The predicted molar refractivity (Wildman–Crippen MR) is 38.6 cm³/mol. The minimum atomic E-state index is 0.507. The first kappa shape index (κ1) is 6.45. The Labute approximate surface area is 58.2 Å². The van der Waals surface area contributed by atoms with E-state index in [2.05, 4.69) is 15.3 Å². The standard InChI is InChI=1S/C6H6N4/c7-10-9-6-4-2-1-3-5-8-6/h1-5,8H. The number of allylic oxidation sites excluding steroid dienone is 4. The van der Waals surface area contributed by atoms with E-state index in [1.165, 1.54) is 0 Å². The first-order chi connectivity index (χ1) is 4.93. The summed E-state index contributed by atoms with van der Waals surface area (Å²) in [6.45, 7) is 0. The van der Waals surface area contributed by atoms with Crippen LogP contribution in [0.4, 0.5) is 0 Å². The minimum absolute atomic E-state index is 0.507. The smallest absolute Gasteiger partial charge is 0.102 e. The Kier molecular flexibility index (Phi) is 2.18. The van der Waals surface area contributed by atoms with Gasteiger partial charge in [-0.25, -0.2) is 0 Å². The topological polar surface area (TPSA) is 60.8 Å². The van der Waals surface area contributed by atoms with Gasteiger partial charge in [0.2, 0.25) is 0 Å². The Bertz CT molecular complexity index is 242. The first-order valence-electron chi connectivity index (χ1n) is 2.78. The van der Waals surface area contributed by atoms with E-state index in [9.17, 15) is 0 Å². The molecule has 50 valence electrons. The molecule has 0 spiro atoms. The van der Waals surface area contributed by atoms with Gasteiger partial charge in [-0.3, -0.25) is 0 Å². The second-order valence-electron chi connectivity index (χ2n) is 1.63. The van der Waals surface area contributed by atoms with E-state index >= 15 is 0 Å². The fourth-order valence-electron chi connectivity index (χ4n) is 0.558. The van der Waals surface area contributed by atoms with Crippen molar-refractivity contribution in [2.45, 2.75) is 0 Å². The van der Waals surface area contributed by atoms with Crippen LogP contribution in [0.3, 0.4) is 0 Å². The van der Waals surface area contributed by atoms with E-state index in [0.717, 1.165) is 0 Å². The van der Waals surface area contributed by atoms with Gasteiger partial charge in [-0.1, -0.05) is 12.2 Å². The van der Waals surface area contributed by atoms with E-state index in [4.69, 9.17) is 5.53 Å². The number of hydrogen-bond acceptors (Lipinski definition) is 2. The van der Waals surface area contributed by atoms with Crippen molar-refractivity contribution >= 4 is 0 Å². The molecule has 0 aromatic carbocycles. The maximum absolute atomic E-state index is 8.04. The quantitative estimate of drug-likeness (QED) is 0.332. The third-order valence-corrected chi connectivity index (χ3v) is 0.956. The second-order valence-corrected chi connectivity index (χ2v) is 1.63. The highest BCUT2D eigenvalue weighted by Gasteiger charge is 1.86. The van der Waals surface area contributed by atoms with Gasteiger partial charge in [0.05, 0.1) is 0 Å². The van der Waals surface area contributed by atoms with E-state index in [1.807, 2.05) is 12.2 Å². The second kappa shape index (κ2) is 3.37. The van der Waals surface area contributed by atoms with E-state index < -0.39 is 0 Å². The molecule has 0 aromatic heterocycles. The molecule has 0 saturated carbocycles. The molecule has 0 saturated heterocycles. The van der Waals surface area contributed by atoms with Crippen LogP contribution in [0, 0.1) is 0 Å². The minimum Gasteiger partial charge on any atom is -0.360 e. The fraction of sp³-hybridized carbons (Fsp3) is 0. The van der Waals surface area contributed by atoms with Crippen molar-refractivity contribution < 1.29 is 0 Å². The summed E-state index contributed by atoms with van der Waals surface area (Å²) in [7, 11) is 0. The Morgan fingerprint density at radius 3 is 3.10 bits per heavy atom. The lowest BCUT2D eigenvalue weighted by Crippen LogP contribution is -1.99. The summed E-state index contributed by atoms with van der Waals surface area (Å²) < 4.78 is 0. The summed E-state index contributed by atoms with van der Waals surface area (Å²) >= 11 is 0. The maximum atomic E-state index is 8.04. The van der Waals surface area contributed by atoms with Gasteiger partial charge in [0.25, 0.3) is 0 Å². The summed E-state index contributed by atoms with van der Waals surface area (Å²) in [5.41, 5.74) is 8.04. The van der Waals surface area contributed by atoms with Gasteiger partial charge in [-0.15, -0.1) is 0 Å². The van der Waals surface area contributed by atoms with Crippen LogP contribution < -0.4 is 5.32 Å². The largest absolute Gasteiger partial charge is 0.360 e. The van der Waals surface area contributed by atoms with Crippen LogP contribution in [-0.4, -0.2) is 0 Å². The van der Waals surface area contributed by atoms with Crippen molar-refractivity contribution in [2.24, 2.45) is 5.11 Å². The molecule has 1 N–H and O–H groups in total. The van der Waals surface area contributed by atoms with E-state index in [-0.39, 0.29) is 0 Å². The number of nitrogens with zero attached hydrogens (tertiary/aromatic N) is 3. The van der Waals surface area contributed by atoms with Crippen molar-refractivity contribution in [3.63, 3.8) is 0 Å². The fourth-order valence-corrected chi connectivity index (χ4v) is 0.558. The Hall–Kier alpha value is -1.67. The van der Waals surface area contributed by atoms with Crippen LogP contribution in [0.5, 0.6) is 0 Å². The number of nitrogens with one attached hydrogen (secondary N) is 1. The molecule has 0 aliphatic carbocycles. The molecular formula is C6H6N4. The van der Waals surface area contributed by atoms with Gasteiger partial charge in [-0.2, -0.15) is 0 Å². The zero-order valence-corrected chi connectivity index (χ0v) is 5.23. The number of hydrogen-bond donors (Lipinski definition) is 1. The number of azide groups is 1. The van der Waals surface area contributed by atoms with Crippen molar-refractivity contribution in [1.82, 2.24) is 5.32 Å². The molecular weight excluding hydrogens is 128 g/mol. The Morgan fingerprint density at radius 2 is 2.30 bits per heavy atom. The third-order valence-electron chi connectivity index (χ3n) is 0.956. The molecule has 1 heterocycles. The molecule has 0 unspecified atom stereocenters.